The molecule has 0 saturated carbocycles. The van der Waals surface area contributed by atoms with E-state index in [-0.39, 0.29) is 11.0 Å². The van der Waals surface area contributed by atoms with E-state index in [2.05, 4.69) is 12.6 Å². The summed E-state index contributed by atoms with van der Waals surface area (Å²) >= 11 is 3.88. The number of hydrogen-bond donors (Lipinski definition) is 1. The zero-order chi connectivity index (χ0) is 10.8. The number of carbonyl (C=O) groups excluding carboxylic acids is 1. The van der Waals surface area contributed by atoms with E-state index in [1.54, 1.807) is 0 Å². The number of esters is 1. The van der Waals surface area contributed by atoms with Crippen LogP contribution in [0.3, 0.4) is 0 Å². The maximum atomic E-state index is 12.9. The van der Waals surface area contributed by atoms with Crippen LogP contribution in [0.2, 0.25) is 0 Å². The van der Waals surface area contributed by atoms with Gasteiger partial charge in [-0.25, -0.2) is 9.18 Å². The smallest absolute Gasteiger partial charge is 0.338 e. The average Bonchev–Trinajstić information content (AvgIpc) is 2.15. The summed E-state index contributed by atoms with van der Waals surface area (Å²) in [6.07, 6.45) is -0.175. The topological polar surface area (TPSA) is 35.5 Å². The van der Waals surface area contributed by atoms with E-state index in [4.69, 9.17) is 9.47 Å². The van der Waals surface area contributed by atoms with Crippen molar-refractivity contribution in [2.45, 2.75) is 11.0 Å². The number of benzene rings is 1. The molecule has 0 unspecified atom stereocenters. The lowest BCUT2D eigenvalue weighted by Gasteiger charge is -2.25. The van der Waals surface area contributed by atoms with Gasteiger partial charge in [-0.2, -0.15) is 0 Å². The SMILES string of the molecule is O=C(OC1COC1)c1ccc(F)c(S)c1. The summed E-state index contributed by atoms with van der Waals surface area (Å²) in [4.78, 5) is 11.6. The molecule has 1 fully saturated rings. The fourth-order valence-corrected chi connectivity index (χ4v) is 1.35. The summed E-state index contributed by atoms with van der Waals surface area (Å²) in [5.41, 5.74) is 0.299. The van der Waals surface area contributed by atoms with Gasteiger partial charge in [0.05, 0.1) is 18.8 Å². The number of rotatable bonds is 2. The Labute approximate surface area is 91.6 Å². The first-order valence-electron chi connectivity index (χ1n) is 4.44. The zero-order valence-electron chi connectivity index (χ0n) is 7.77. The van der Waals surface area contributed by atoms with Gasteiger partial charge in [-0.1, -0.05) is 0 Å². The summed E-state index contributed by atoms with van der Waals surface area (Å²) in [6, 6.07) is 3.91. The standard InChI is InChI=1S/C10H9FO3S/c11-8-2-1-6(3-9(8)15)10(12)14-7-4-13-5-7/h1-3,7,15H,4-5H2. The van der Waals surface area contributed by atoms with Crippen LogP contribution in [0.5, 0.6) is 0 Å². The largest absolute Gasteiger partial charge is 0.454 e. The van der Waals surface area contributed by atoms with Gasteiger partial charge in [0.25, 0.3) is 0 Å². The van der Waals surface area contributed by atoms with E-state index in [1.165, 1.54) is 18.2 Å². The second-order valence-corrected chi connectivity index (χ2v) is 3.71. The van der Waals surface area contributed by atoms with Gasteiger partial charge < -0.3 is 9.47 Å². The van der Waals surface area contributed by atoms with Gasteiger partial charge in [-0.05, 0) is 18.2 Å². The molecule has 80 valence electrons. The van der Waals surface area contributed by atoms with E-state index in [1.807, 2.05) is 0 Å². The minimum Gasteiger partial charge on any atom is -0.454 e. The molecule has 0 aliphatic carbocycles. The highest BCUT2D eigenvalue weighted by Crippen LogP contribution is 2.16. The van der Waals surface area contributed by atoms with E-state index in [0.717, 1.165) is 0 Å². The third-order valence-corrected chi connectivity index (χ3v) is 2.41. The molecule has 0 N–H and O–H groups in total. The molecule has 1 aliphatic rings. The first kappa shape index (κ1) is 10.4. The van der Waals surface area contributed by atoms with E-state index in [0.29, 0.717) is 18.8 Å². The second kappa shape index (κ2) is 4.20. The molecule has 0 bridgehead atoms. The Morgan fingerprint density at radius 2 is 2.27 bits per heavy atom. The molecule has 1 saturated heterocycles. The van der Waals surface area contributed by atoms with Crippen molar-refractivity contribution in [1.82, 2.24) is 0 Å². The lowest BCUT2D eigenvalue weighted by Crippen LogP contribution is -2.37. The van der Waals surface area contributed by atoms with Crippen molar-refractivity contribution in [3.8, 4) is 0 Å². The van der Waals surface area contributed by atoms with Crippen molar-refractivity contribution in [3.05, 3.63) is 29.6 Å². The maximum Gasteiger partial charge on any atom is 0.338 e. The molecule has 1 aliphatic heterocycles. The monoisotopic (exact) mass is 228 g/mol. The van der Waals surface area contributed by atoms with E-state index >= 15 is 0 Å². The molecule has 1 aromatic carbocycles. The summed E-state index contributed by atoms with van der Waals surface area (Å²) in [5.74, 6) is -0.930. The van der Waals surface area contributed by atoms with Crippen LogP contribution in [-0.2, 0) is 9.47 Å². The van der Waals surface area contributed by atoms with Crippen molar-refractivity contribution in [2.24, 2.45) is 0 Å². The number of hydrogen-bond acceptors (Lipinski definition) is 4. The Hall–Kier alpha value is -1.07. The Kier molecular flexibility index (Phi) is 2.93. The maximum absolute atomic E-state index is 12.9. The number of ether oxygens (including phenoxy) is 2. The number of carbonyl (C=O) groups is 1. The highest BCUT2D eigenvalue weighted by molar-refractivity contribution is 7.80. The molecular weight excluding hydrogens is 219 g/mol. The van der Waals surface area contributed by atoms with Gasteiger partial charge in [-0.15, -0.1) is 12.6 Å². The second-order valence-electron chi connectivity index (χ2n) is 3.23. The van der Waals surface area contributed by atoms with E-state index < -0.39 is 11.8 Å². The van der Waals surface area contributed by atoms with Crippen molar-refractivity contribution in [2.75, 3.05) is 13.2 Å². The average molecular weight is 228 g/mol. The van der Waals surface area contributed by atoms with Crippen LogP contribution in [0.25, 0.3) is 0 Å². The fourth-order valence-electron chi connectivity index (χ4n) is 1.14. The summed E-state index contributed by atoms with van der Waals surface area (Å²) in [7, 11) is 0. The lowest BCUT2D eigenvalue weighted by atomic mass is 10.2. The first-order valence-corrected chi connectivity index (χ1v) is 4.89. The van der Waals surface area contributed by atoms with Gasteiger partial charge in [0, 0.05) is 4.90 Å². The van der Waals surface area contributed by atoms with Crippen molar-refractivity contribution < 1.29 is 18.7 Å². The minimum atomic E-state index is -0.474. The van der Waals surface area contributed by atoms with Crippen LogP contribution >= 0.6 is 12.6 Å². The fraction of sp³-hybridized carbons (Fsp3) is 0.300. The Balaban J connectivity index is 2.07. The zero-order valence-corrected chi connectivity index (χ0v) is 8.67. The molecule has 0 atom stereocenters. The molecule has 3 nitrogen and oxygen atoms in total. The van der Waals surface area contributed by atoms with Gasteiger partial charge in [0.15, 0.2) is 0 Å². The van der Waals surface area contributed by atoms with Crippen molar-refractivity contribution in [3.63, 3.8) is 0 Å². The number of thiol groups is 1. The number of halogens is 1. The van der Waals surface area contributed by atoms with Crippen LogP contribution in [0, 0.1) is 5.82 Å². The predicted molar refractivity (Wildman–Crippen MR) is 53.7 cm³/mol. The van der Waals surface area contributed by atoms with Gasteiger partial charge in [0.1, 0.15) is 11.9 Å². The Morgan fingerprint density at radius 3 is 2.80 bits per heavy atom. The van der Waals surface area contributed by atoms with Crippen LogP contribution in [-0.4, -0.2) is 25.3 Å². The van der Waals surface area contributed by atoms with Crippen molar-refractivity contribution in [1.29, 1.82) is 0 Å². The molecule has 0 amide bonds. The Bertz CT molecular complexity index is 390. The molecule has 0 spiro atoms. The lowest BCUT2D eigenvalue weighted by molar-refractivity contribution is -0.103. The third kappa shape index (κ3) is 2.30. The molecule has 5 heteroatoms. The Morgan fingerprint density at radius 1 is 1.53 bits per heavy atom. The normalized spacial score (nSPS) is 15.9. The summed E-state index contributed by atoms with van der Waals surface area (Å²) in [5, 5.41) is 0. The molecule has 1 aromatic rings. The van der Waals surface area contributed by atoms with Gasteiger partial charge in [-0.3, -0.25) is 0 Å². The van der Waals surface area contributed by atoms with Crippen LogP contribution in [0.15, 0.2) is 23.1 Å². The summed E-state index contributed by atoms with van der Waals surface area (Å²) < 4.78 is 22.8. The molecule has 0 radical (unpaired) electrons. The quantitative estimate of drug-likeness (QED) is 0.617. The molecule has 15 heavy (non-hydrogen) atoms. The van der Waals surface area contributed by atoms with Gasteiger partial charge >= 0.3 is 5.97 Å². The highest BCUT2D eigenvalue weighted by Gasteiger charge is 2.23. The highest BCUT2D eigenvalue weighted by atomic mass is 32.1. The first-order chi connectivity index (χ1) is 7.16. The van der Waals surface area contributed by atoms with Crippen molar-refractivity contribution >= 4 is 18.6 Å². The van der Waals surface area contributed by atoms with Crippen LogP contribution in [0.1, 0.15) is 10.4 Å². The molecule has 0 aromatic heterocycles. The minimum absolute atomic E-state index is 0.134. The third-order valence-electron chi connectivity index (χ3n) is 2.06. The van der Waals surface area contributed by atoms with Crippen LogP contribution in [0.4, 0.5) is 4.39 Å². The van der Waals surface area contributed by atoms with E-state index in [9.17, 15) is 9.18 Å². The van der Waals surface area contributed by atoms with Crippen LogP contribution < -0.4 is 0 Å². The molecule has 1 heterocycles. The summed E-state index contributed by atoms with van der Waals surface area (Å²) in [6.45, 7) is 0.862. The molecule has 2 rings (SSSR count). The van der Waals surface area contributed by atoms with Gasteiger partial charge in [0.2, 0.25) is 0 Å². The predicted octanol–water partition coefficient (Wildman–Crippen LogP) is 1.67. The molecular formula is C10H9FO3S.